The van der Waals surface area contributed by atoms with E-state index in [9.17, 15) is 14.4 Å². The van der Waals surface area contributed by atoms with Gasteiger partial charge in [-0.1, -0.05) is 19.4 Å². The van der Waals surface area contributed by atoms with E-state index in [1.54, 1.807) is 6.08 Å². The first-order chi connectivity index (χ1) is 14.2. The summed E-state index contributed by atoms with van der Waals surface area (Å²) >= 11 is 0. The zero-order valence-corrected chi connectivity index (χ0v) is 18.0. The van der Waals surface area contributed by atoms with Crippen LogP contribution in [0.15, 0.2) is 11.6 Å². The van der Waals surface area contributed by atoms with Crippen LogP contribution in [-0.2, 0) is 28.6 Å². The maximum atomic E-state index is 13.0. The van der Waals surface area contributed by atoms with Gasteiger partial charge < -0.3 is 14.2 Å². The van der Waals surface area contributed by atoms with Crippen molar-refractivity contribution in [3.05, 3.63) is 11.6 Å². The fourth-order valence-corrected chi connectivity index (χ4v) is 8.69. The first-order valence-electron chi connectivity index (χ1n) is 11.4. The van der Waals surface area contributed by atoms with Gasteiger partial charge in [-0.15, -0.1) is 0 Å². The van der Waals surface area contributed by atoms with E-state index >= 15 is 0 Å². The Morgan fingerprint density at radius 3 is 2.67 bits per heavy atom. The van der Waals surface area contributed by atoms with E-state index in [-0.39, 0.29) is 52.4 Å². The standard InChI is InChI=1S/C24H30O6/c1-21-7-4-14(25)10-13(21)11-15(20(27)28-3)19-16-5-8-23(9-6-18(26)30-23)22(16,2)12-17-24(19,21)29-17/h10,15-17,19H,4-9,11-12H2,1-3H3/t15-,16?,17?,19+,21+,22+,23?,24?/m1/s1. The van der Waals surface area contributed by atoms with Gasteiger partial charge in [0.05, 0.1) is 19.1 Å². The van der Waals surface area contributed by atoms with Crippen LogP contribution in [0, 0.1) is 28.6 Å². The number of esters is 2. The highest BCUT2D eigenvalue weighted by Crippen LogP contribution is 2.78. The van der Waals surface area contributed by atoms with Crippen molar-refractivity contribution >= 4 is 17.7 Å². The number of epoxide rings is 1. The molecule has 8 atom stereocenters. The van der Waals surface area contributed by atoms with E-state index in [2.05, 4.69) is 13.8 Å². The Morgan fingerprint density at radius 2 is 1.97 bits per heavy atom. The minimum Gasteiger partial charge on any atom is -0.469 e. The summed E-state index contributed by atoms with van der Waals surface area (Å²) in [5.74, 6) is -0.201. The van der Waals surface area contributed by atoms with Crippen molar-refractivity contribution in [2.75, 3.05) is 7.11 Å². The lowest BCUT2D eigenvalue weighted by molar-refractivity contribution is -0.172. The molecule has 0 radical (unpaired) electrons. The molecule has 0 bridgehead atoms. The molecule has 0 N–H and O–H groups in total. The minimum absolute atomic E-state index is 0.0303. The molecule has 2 aliphatic heterocycles. The molecule has 2 spiro atoms. The molecular weight excluding hydrogens is 384 g/mol. The van der Waals surface area contributed by atoms with Crippen LogP contribution in [0.5, 0.6) is 0 Å². The molecule has 6 nitrogen and oxygen atoms in total. The second-order valence-electron chi connectivity index (χ2n) is 11.0. The highest BCUT2D eigenvalue weighted by atomic mass is 16.6. The van der Waals surface area contributed by atoms with Crippen LogP contribution in [0.3, 0.4) is 0 Å². The Balaban J connectivity index is 1.49. The van der Waals surface area contributed by atoms with E-state index in [0.717, 1.165) is 37.7 Å². The van der Waals surface area contributed by atoms with Gasteiger partial charge in [-0.3, -0.25) is 14.4 Å². The number of hydrogen-bond donors (Lipinski definition) is 0. The lowest BCUT2D eigenvalue weighted by atomic mass is 9.43. The zero-order valence-electron chi connectivity index (χ0n) is 18.0. The van der Waals surface area contributed by atoms with Gasteiger partial charge in [0.2, 0.25) is 0 Å². The Labute approximate surface area is 176 Å². The number of carbonyl (C=O) groups is 3. The fraction of sp³-hybridized carbons (Fsp3) is 0.792. The van der Waals surface area contributed by atoms with Crippen molar-refractivity contribution in [1.29, 1.82) is 0 Å². The Bertz CT molecular complexity index is 907. The van der Waals surface area contributed by atoms with Crippen molar-refractivity contribution in [2.24, 2.45) is 28.6 Å². The van der Waals surface area contributed by atoms with Gasteiger partial charge >= 0.3 is 11.9 Å². The average molecular weight is 414 g/mol. The normalized spacial score (nSPS) is 53.2. The summed E-state index contributed by atoms with van der Waals surface area (Å²) in [6.45, 7) is 4.51. The predicted molar refractivity (Wildman–Crippen MR) is 105 cm³/mol. The van der Waals surface area contributed by atoms with Crippen LogP contribution in [0.25, 0.3) is 0 Å². The van der Waals surface area contributed by atoms with E-state index in [4.69, 9.17) is 14.2 Å². The van der Waals surface area contributed by atoms with Crippen molar-refractivity contribution in [1.82, 2.24) is 0 Å². The summed E-state index contributed by atoms with van der Waals surface area (Å²) in [4.78, 5) is 37.4. The van der Waals surface area contributed by atoms with Gasteiger partial charge in [0, 0.05) is 29.6 Å². The van der Waals surface area contributed by atoms with Crippen LogP contribution in [0.2, 0.25) is 0 Å². The highest BCUT2D eigenvalue weighted by molar-refractivity contribution is 5.92. The van der Waals surface area contributed by atoms with Gasteiger partial charge in [-0.25, -0.2) is 0 Å². The molecule has 4 unspecified atom stereocenters. The van der Waals surface area contributed by atoms with E-state index in [1.807, 2.05) is 0 Å². The summed E-state index contributed by atoms with van der Waals surface area (Å²) in [5.41, 5.74) is -0.175. The number of ketones is 1. The van der Waals surface area contributed by atoms with Crippen LogP contribution >= 0.6 is 0 Å². The second-order valence-corrected chi connectivity index (χ2v) is 11.0. The molecule has 2 saturated heterocycles. The summed E-state index contributed by atoms with van der Waals surface area (Å²) in [6.07, 6.45) is 7.61. The summed E-state index contributed by atoms with van der Waals surface area (Å²) in [6, 6.07) is 0. The predicted octanol–water partition coefficient (Wildman–Crippen LogP) is 3.12. The molecule has 2 heterocycles. The van der Waals surface area contributed by atoms with Gasteiger partial charge in [-0.05, 0) is 50.5 Å². The monoisotopic (exact) mass is 414 g/mol. The number of methoxy groups -OCH3 is 1. The third kappa shape index (κ3) is 1.94. The average Bonchev–Trinajstić information content (AvgIpc) is 3.20. The molecule has 5 fully saturated rings. The maximum Gasteiger partial charge on any atom is 0.309 e. The van der Waals surface area contributed by atoms with Crippen LogP contribution in [0.1, 0.15) is 65.2 Å². The lowest BCUT2D eigenvalue weighted by Gasteiger charge is -2.58. The van der Waals surface area contributed by atoms with Crippen LogP contribution in [-0.4, -0.2) is 42.1 Å². The summed E-state index contributed by atoms with van der Waals surface area (Å²) < 4.78 is 17.9. The minimum atomic E-state index is -0.424. The number of rotatable bonds is 1. The first-order valence-corrected chi connectivity index (χ1v) is 11.4. The maximum absolute atomic E-state index is 13.0. The number of carbonyl (C=O) groups excluding carboxylic acids is 3. The molecule has 3 saturated carbocycles. The molecule has 162 valence electrons. The SMILES string of the molecule is COC(=O)[C@@H]1CC2=CC(=O)CC[C@]2(C)C23OC2C[C@@]2(C)C(CCC24CCC(=O)O4)[C@H]13. The van der Waals surface area contributed by atoms with Crippen LogP contribution in [0.4, 0.5) is 0 Å². The van der Waals surface area contributed by atoms with Gasteiger partial charge in [0.1, 0.15) is 11.2 Å². The largest absolute Gasteiger partial charge is 0.469 e. The van der Waals surface area contributed by atoms with Crippen molar-refractivity contribution in [2.45, 2.75) is 82.5 Å². The molecule has 0 aromatic carbocycles. The Kier molecular flexibility index (Phi) is 3.53. The summed E-state index contributed by atoms with van der Waals surface area (Å²) in [7, 11) is 1.45. The fourth-order valence-electron chi connectivity index (χ4n) is 8.69. The molecule has 0 aromatic rings. The zero-order chi connectivity index (χ0) is 21.1. The number of fused-ring (bicyclic) bond motifs is 4. The van der Waals surface area contributed by atoms with Crippen molar-refractivity contribution < 1.29 is 28.6 Å². The van der Waals surface area contributed by atoms with Crippen molar-refractivity contribution in [3.8, 4) is 0 Å². The quantitative estimate of drug-likeness (QED) is 0.484. The molecule has 6 aliphatic rings. The molecule has 4 aliphatic carbocycles. The number of hydrogen-bond acceptors (Lipinski definition) is 6. The molecule has 0 aromatic heterocycles. The molecule has 0 amide bonds. The van der Waals surface area contributed by atoms with Crippen LogP contribution < -0.4 is 0 Å². The highest BCUT2D eigenvalue weighted by Gasteiger charge is 2.83. The van der Waals surface area contributed by atoms with E-state index in [0.29, 0.717) is 19.3 Å². The lowest BCUT2D eigenvalue weighted by Crippen LogP contribution is -2.63. The molecule has 6 rings (SSSR count). The van der Waals surface area contributed by atoms with Crippen molar-refractivity contribution in [3.63, 3.8) is 0 Å². The molecule has 6 heteroatoms. The molecular formula is C24H30O6. The smallest absolute Gasteiger partial charge is 0.309 e. The Hall–Kier alpha value is -1.69. The van der Waals surface area contributed by atoms with Gasteiger partial charge in [0.15, 0.2) is 5.78 Å². The Morgan fingerprint density at radius 1 is 1.17 bits per heavy atom. The van der Waals surface area contributed by atoms with E-state index < -0.39 is 11.2 Å². The number of ether oxygens (including phenoxy) is 3. The third-order valence-electron chi connectivity index (χ3n) is 10.2. The summed E-state index contributed by atoms with van der Waals surface area (Å²) in [5, 5.41) is 0. The van der Waals surface area contributed by atoms with E-state index in [1.165, 1.54) is 7.11 Å². The van der Waals surface area contributed by atoms with Gasteiger partial charge in [0.25, 0.3) is 0 Å². The first kappa shape index (κ1) is 19.0. The topological polar surface area (TPSA) is 82.2 Å². The second kappa shape index (κ2) is 5.56. The third-order valence-corrected chi connectivity index (χ3v) is 10.2. The molecule has 30 heavy (non-hydrogen) atoms. The van der Waals surface area contributed by atoms with Gasteiger partial charge in [-0.2, -0.15) is 0 Å².